The van der Waals surface area contributed by atoms with E-state index in [0.717, 1.165) is 37.7 Å². The summed E-state index contributed by atoms with van der Waals surface area (Å²) < 4.78 is 64.8. The summed E-state index contributed by atoms with van der Waals surface area (Å²) >= 11 is 0. The third kappa shape index (κ3) is 4.87. The smallest absolute Gasteiger partial charge is 0.350 e. The Bertz CT molecular complexity index is 745. The van der Waals surface area contributed by atoms with Gasteiger partial charge in [-0.15, -0.1) is 0 Å². The van der Waals surface area contributed by atoms with Gasteiger partial charge in [-0.25, -0.2) is 18.7 Å². The van der Waals surface area contributed by atoms with E-state index in [2.05, 4.69) is 15.3 Å². The van der Waals surface area contributed by atoms with E-state index in [1.54, 1.807) is 0 Å². The lowest BCUT2D eigenvalue weighted by atomic mass is 10.0. The Morgan fingerprint density at radius 3 is 2.58 bits per heavy atom. The average molecular weight is 372 g/mol. The van der Waals surface area contributed by atoms with Crippen molar-refractivity contribution in [2.75, 3.05) is 18.4 Å². The largest absolute Gasteiger partial charge is 0.433 e. The van der Waals surface area contributed by atoms with Crippen LogP contribution in [0.25, 0.3) is 0 Å². The van der Waals surface area contributed by atoms with Crippen molar-refractivity contribution in [2.24, 2.45) is 0 Å². The maximum atomic E-state index is 13.3. The molecule has 0 bridgehead atoms. The van der Waals surface area contributed by atoms with Crippen molar-refractivity contribution in [3.05, 3.63) is 53.4 Å². The molecule has 0 radical (unpaired) electrons. The number of piperidine rings is 1. The maximum Gasteiger partial charge on any atom is 0.433 e. The van der Waals surface area contributed by atoms with Gasteiger partial charge in [-0.05, 0) is 43.1 Å². The number of rotatable bonds is 4. The summed E-state index contributed by atoms with van der Waals surface area (Å²) in [5.41, 5.74) is -0.489. The fourth-order valence-corrected chi connectivity index (χ4v) is 3.05. The minimum atomic E-state index is -4.53. The first-order valence-electron chi connectivity index (χ1n) is 8.14. The number of anilines is 1. The highest BCUT2D eigenvalue weighted by atomic mass is 19.4. The summed E-state index contributed by atoms with van der Waals surface area (Å²) in [5, 5.41) is 2.92. The molecule has 0 saturated carbocycles. The van der Waals surface area contributed by atoms with Crippen molar-refractivity contribution in [3.63, 3.8) is 0 Å². The maximum absolute atomic E-state index is 13.3. The lowest BCUT2D eigenvalue weighted by molar-refractivity contribution is -0.141. The van der Waals surface area contributed by atoms with Crippen LogP contribution in [0.1, 0.15) is 24.1 Å². The summed E-state index contributed by atoms with van der Waals surface area (Å²) in [6, 6.07) is 4.03. The van der Waals surface area contributed by atoms with Gasteiger partial charge in [0, 0.05) is 31.4 Å². The van der Waals surface area contributed by atoms with Gasteiger partial charge < -0.3 is 5.32 Å². The first-order chi connectivity index (χ1) is 12.3. The summed E-state index contributed by atoms with van der Waals surface area (Å²) in [5.74, 6) is -1.35. The lowest BCUT2D eigenvalue weighted by Crippen LogP contribution is -2.42. The number of likely N-dealkylation sites (tertiary alicyclic amines) is 1. The highest BCUT2D eigenvalue weighted by Crippen LogP contribution is 2.28. The highest BCUT2D eigenvalue weighted by molar-refractivity contribution is 5.28. The van der Waals surface area contributed by atoms with E-state index in [-0.39, 0.29) is 12.0 Å². The molecule has 9 heteroatoms. The van der Waals surface area contributed by atoms with E-state index in [1.165, 1.54) is 12.1 Å². The Morgan fingerprint density at radius 2 is 1.88 bits per heavy atom. The van der Waals surface area contributed by atoms with Gasteiger partial charge in [-0.2, -0.15) is 13.2 Å². The molecule has 1 N–H and O–H groups in total. The standard InChI is InChI=1S/C17H17F5N4/c18-12-6-11(7-13(19)8-12)9-26-5-1-2-14(10-26)24-16-23-4-3-15(25-16)17(20,21)22/h3-4,6-8,14H,1-2,5,9-10H2,(H,23,24,25). The van der Waals surface area contributed by atoms with Crippen molar-refractivity contribution < 1.29 is 22.0 Å². The molecule has 1 fully saturated rings. The van der Waals surface area contributed by atoms with Gasteiger partial charge in [-0.1, -0.05) is 0 Å². The molecule has 4 nitrogen and oxygen atoms in total. The van der Waals surface area contributed by atoms with Gasteiger partial charge in [0.1, 0.15) is 17.3 Å². The van der Waals surface area contributed by atoms with Crippen LogP contribution < -0.4 is 5.32 Å². The first kappa shape index (κ1) is 18.5. The molecule has 1 aromatic heterocycles. The van der Waals surface area contributed by atoms with E-state index in [1.807, 2.05) is 4.90 Å². The number of halogens is 5. The normalized spacial score (nSPS) is 18.7. The number of hydrogen-bond acceptors (Lipinski definition) is 4. The zero-order valence-electron chi connectivity index (χ0n) is 13.7. The Morgan fingerprint density at radius 1 is 1.15 bits per heavy atom. The van der Waals surface area contributed by atoms with Crippen LogP contribution in [0.3, 0.4) is 0 Å². The highest BCUT2D eigenvalue weighted by Gasteiger charge is 2.33. The number of benzene rings is 1. The van der Waals surface area contributed by atoms with E-state index >= 15 is 0 Å². The number of aromatic nitrogens is 2. The first-order valence-corrected chi connectivity index (χ1v) is 8.14. The van der Waals surface area contributed by atoms with Crippen molar-refractivity contribution >= 4 is 5.95 Å². The Labute approximate surface area is 147 Å². The monoisotopic (exact) mass is 372 g/mol. The third-order valence-corrected chi connectivity index (χ3v) is 4.11. The molecule has 1 saturated heterocycles. The lowest BCUT2D eigenvalue weighted by Gasteiger charge is -2.33. The molecule has 1 aromatic carbocycles. The Balaban J connectivity index is 1.63. The van der Waals surface area contributed by atoms with Crippen molar-refractivity contribution in [1.82, 2.24) is 14.9 Å². The van der Waals surface area contributed by atoms with Gasteiger partial charge in [0.05, 0.1) is 0 Å². The summed E-state index contributed by atoms with van der Waals surface area (Å²) in [4.78, 5) is 9.33. The number of hydrogen-bond donors (Lipinski definition) is 1. The topological polar surface area (TPSA) is 41.0 Å². The van der Waals surface area contributed by atoms with Crippen LogP contribution in [-0.2, 0) is 12.7 Å². The minimum Gasteiger partial charge on any atom is -0.350 e. The zero-order chi connectivity index (χ0) is 18.7. The molecule has 0 spiro atoms. The molecule has 0 amide bonds. The van der Waals surface area contributed by atoms with Crippen molar-refractivity contribution in [2.45, 2.75) is 31.6 Å². The molecule has 1 atom stereocenters. The zero-order valence-corrected chi connectivity index (χ0v) is 13.7. The second-order valence-electron chi connectivity index (χ2n) is 6.26. The quantitative estimate of drug-likeness (QED) is 0.828. The fraction of sp³-hybridized carbons (Fsp3) is 0.412. The molecule has 0 aliphatic carbocycles. The van der Waals surface area contributed by atoms with Crippen molar-refractivity contribution in [3.8, 4) is 0 Å². The molecule has 2 aromatic rings. The van der Waals surface area contributed by atoms with Gasteiger partial charge in [0.25, 0.3) is 0 Å². The molecule has 1 aliphatic rings. The van der Waals surface area contributed by atoms with Crippen LogP contribution in [-0.4, -0.2) is 34.0 Å². The Hall–Kier alpha value is -2.29. The van der Waals surface area contributed by atoms with Gasteiger partial charge >= 0.3 is 6.18 Å². The third-order valence-electron chi connectivity index (χ3n) is 4.11. The van der Waals surface area contributed by atoms with Crippen LogP contribution in [0.2, 0.25) is 0 Å². The predicted octanol–water partition coefficient (Wildman–Crippen LogP) is 3.85. The molecule has 26 heavy (non-hydrogen) atoms. The SMILES string of the molecule is Fc1cc(F)cc(CN2CCCC(Nc3nccc(C(F)(F)F)n3)C2)c1. The summed E-state index contributed by atoms with van der Waals surface area (Å²) in [6.07, 6.45) is -1.92. The van der Waals surface area contributed by atoms with Gasteiger partial charge in [-0.3, -0.25) is 4.90 Å². The molecule has 140 valence electrons. The second kappa shape index (κ2) is 7.53. The molecule has 1 unspecified atom stereocenters. The minimum absolute atomic E-state index is 0.0801. The number of alkyl halides is 3. The van der Waals surface area contributed by atoms with Crippen molar-refractivity contribution in [1.29, 1.82) is 0 Å². The van der Waals surface area contributed by atoms with Crippen LogP contribution in [0.4, 0.5) is 27.9 Å². The summed E-state index contributed by atoms with van der Waals surface area (Å²) in [6.45, 7) is 1.60. The second-order valence-corrected chi connectivity index (χ2v) is 6.26. The predicted molar refractivity (Wildman–Crippen MR) is 85.3 cm³/mol. The molecule has 1 aliphatic heterocycles. The van der Waals surface area contributed by atoms with Gasteiger partial charge in [0.2, 0.25) is 5.95 Å². The van der Waals surface area contributed by atoms with E-state index < -0.39 is 23.5 Å². The fourth-order valence-electron chi connectivity index (χ4n) is 3.05. The number of nitrogens with zero attached hydrogens (tertiary/aromatic N) is 3. The van der Waals surface area contributed by atoms with E-state index in [9.17, 15) is 22.0 Å². The van der Waals surface area contributed by atoms with E-state index in [4.69, 9.17) is 0 Å². The van der Waals surface area contributed by atoms with Crippen LogP contribution in [0.15, 0.2) is 30.5 Å². The average Bonchev–Trinajstić information content (AvgIpc) is 2.53. The van der Waals surface area contributed by atoms with Crippen LogP contribution >= 0.6 is 0 Å². The molecular weight excluding hydrogens is 355 g/mol. The van der Waals surface area contributed by atoms with Crippen LogP contribution in [0.5, 0.6) is 0 Å². The van der Waals surface area contributed by atoms with Gasteiger partial charge in [0.15, 0.2) is 0 Å². The molecular formula is C17H17F5N4. The van der Waals surface area contributed by atoms with Crippen LogP contribution in [0, 0.1) is 11.6 Å². The number of nitrogens with one attached hydrogen (secondary N) is 1. The molecule has 3 rings (SSSR count). The Kier molecular flexibility index (Phi) is 5.36. The molecule has 2 heterocycles. The van der Waals surface area contributed by atoms with E-state index in [0.29, 0.717) is 18.7 Å². The summed E-state index contributed by atoms with van der Waals surface area (Å²) in [7, 11) is 0.